The first-order valence-corrected chi connectivity index (χ1v) is 10.1. The molecule has 0 radical (unpaired) electrons. The molecule has 0 fully saturated rings. The van der Waals surface area contributed by atoms with E-state index in [1.807, 2.05) is 36.4 Å². The molecule has 2 heterocycles. The van der Waals surface area contributed by atoms with Gasteiger partial charge in [-0.05, 0) is 64.0 Å². The topological polar surface area (TPSA) is 82.5 Å². The van der Waals surface area contributed by atoms with Crippen molar-refractivity contribution in [2.45, 2.75) is 11.3 Å². The summed E-state index contributed by atoms with van der Waals surface area (Å²) in [6.45, 7) is 0. The molecule has 1 aromatic heterocycles. The van der Waals surface area contributed by atoms with Crippen LogP contribution in [0.4, 0.5) is 0 Å². The first-order chi connectivity index (χ1) is 12.4. The van der Waals surface area contributed by atoms with E-state index in [-0.39, 0.29) is 4.90 Å². The van der Waals surface area contributed by atoms with Gasteiger partial charge in [-0.2, -0.15) is 0 Å². The predicted octanol–water partition coefficient (Wildman–Crippen LogP) is 4.19. The van der Waals surface area contributed by atoms with Crippen LogP contribution in [0.5, 0.6) is 5.75 Å². The molecule has 0 amide bonds. The van der Waals surface area contributed by atoms with E-state index in [0.717, 1.165) is 22.4 Å². The zero-order valence-corrected chi connectivity index (χ0v) is 15.9. The van der Waals surface area contributed by atoms with Gasteiger partial charge in [-0.15, -0.1) is 0 Å². The number of primary sulfonamides is 1. The Hall–Kier alpha value is -2.35. The molecule has 1 aliphatic rings. The maximum Gasteiger partial charge on any atom is 0.238 e. The third kappa shape index (κ3) is 3.21. The van der Waals surface area contributed by atoms with Crippen molar-refractivity contribution in [3.8, 4) is 5.75 Å². The SMILES string of the molecule is NS(=O)(=O)c1ccc(C2=C(c3ccc(Br)o3)Cc3ccccc3O2)cc1. The van der Waals surface area contributed by atoms with Gasteiger partial charge in [0, 0.05) is 17.6 Å². The number of rotatable bonds is 3. The average Bonchev–Trinajstić information content (AvgIpc) is 3.06. The van der Waals surface area contributed by atoms with Crippen molar-refractivity contribution in [3.05, 3.63) is 82.2 Å². The lowest BCUT2D eigenvalue weighted by atomic mass is 9.96. The van der Waals surface area contributed by atoms with E-state index in [0.29, 0.717) is 22.6 Å². The van der Waals surface area contributed by atoms with E-state index in [2.05, 4.69) is 15.9 Å². The molecule has 7 heteroatoms. The van der Waals surface area contributed by atoms with Crippen molar-refractivity contribution in [2.24, 2.45) is 5.14 Å². The van der Waals surface area contributed by atoms with Crippen molar-refractivity contribution < 1.29 is 17.6 Å². The highest BCUT2D eigenvalue weighted by Crippen LogP contribution is 2.40. The molecule has 132 valence electrons. The number of hydrogen-bond donors (Lipinski definition) is 1. The molecule has 0 aliphatic carbocycles. The first-order valence-electron chi connectivity index (χ1n) is 7.80. The molecule has 5 nitrogen and oxygen atoms in total. The minimum absolute atomic E-state index is 0.0559. The van der Waals surface area contributed by atoms with E-state index in [9.17, 15) is 8.42 Å². The zero-order chi connectivity index (χ0) is 18.3. The molecule has 0 bridgehead atoms. The van der Waals surface area contributed by atoms with Crippen LogP contribution >= 0.6 is 15.9 Å². The number of sulfonamides is 1. The zero-order valence-electron chi connectivity index (χ0n) is 13.5. The van der Waals surface area contributed by atoms with E-state index in [1.165, 1.54) is 12.1 Å². The third-order valence-electron chi connectivity index (χ3n) is 4.14. The van der Waals surface area contributed by atoms with Crippen LogP contribution in [-0.2, 0) is 16.4 Å². The predicted molar refractivity (Wildman–Crippen MR) is 102 cm³/mol. The van der Waals surface area contributed by atoms with Crippen LogP contribution in [0.1, 0.15) is 16.9 Å². The molecule has 0 spiro atoms. The second-order valence-electron chi connectivity index (χ2n) is 5.87. The Morgan fingerprint density at radius 1 is 0.962 bits per heavy atom. The minimum atomic E-state index is -3.74. The Morgan fingerprint density at radius 3 is 2.35 bits per heavy atom. The number of fused-ring (bicyclic) bond motifs is 1. The summed E-state index contributed by atoms with van der Waals surface area (Å²) in [6.07, 6.45) is 0.641. The first kappa shape index (κ1) is 17.1. The van der Waals surface area contributed by atoms with Crippen molar-refractivity contribution in [1.82, 2.24) is 0 Å². The standard InChI is InChI=1S/C19H14BrNO4S/c20-18-10-9-17(24-18)15-11-13-3-1-2-4-16(13)25-19(15)12-5-7-14(8-6-12)26(21,22)23/h1-10H,11H2,(H2,21,22,23). The lowest BCUT2D eigenvalue weighted by Crippen LogP contribution is -2.12. The smallest absolute Gasteiger partial charge is 0.238 e. The van der Waals surface area contributed by atoms with Gasteiger partial charge in [0.15, 0.2) is 4.67 Å². The highest BCUT2D eigenvalue weighted by molar-refractivity contribution is 9.10. The Morgan fingerprint density at radius 2 is 1.69 bits per heavy atom. The quantitative estimate of drug-likeness (QED) is 0.673. The largest absolute Gasteiger partial charge is 0.456 e. The fourth-order valence-corrected chi connectivity index (χ4v) is 3.72. The molecular weight excluding hydrogens is 418 g/mol. The van der Waals surface area contributed by atoms with E-state index >= 15 is 0 Å². The highest BCUT2D eigenvalue weighted by Gasteiger charge is 2.24. The lowest BCUT2D eigenvalue weighted by Gasteiger charge is -2.23. The average molecular weight is 432 g/mol. The highest BCUT2D eigenvalue weighted by atomic mass is 79.9. The van der Waals surface area contributed by atoms with Crippen molar-refractivity contribution >= 4 is 37.3 Å². The Balaban J connectivity index is 1.85. The minimum Gasteiger partial charge on any atom is -0.456 e. The second-order valence-corrected chi connectivity index (χ2v) is 8.21. The Bertz CT molecular complexity index is 1110. The normalized spacial score (nSPS) is 14.1. The summed E-state index contributed by atoms with van der Waals surface area (Å²) in [4.78, 5) is 0.0559. The van der Waals surface area contributed by atoms with Crippen molar-refractivity contribution in [1.29, 1.82) is 0 Å². The van der Waals surface area contributed by atoms with Gasteiger partial charge < -0.3 is 9.15 Å². The number of ether oxygens (including phenoxy) is 1. The van der Waals surface area contributed by atoms with Gasteiger partial charge in [-0.3, -0.25) is 0 Å². The summed E-state index contributed by atoms with van der Waals surface area (Å²) in [5.74, 6) is 2.09. The molecule has 26 heavy (non-hydrogen) atoms. The maximum atomic E-state index is 11.5. The van der Waals surface area contributed by atoms with E-state index in [1.54, 1.807) is 12.1 Å². The Kier molecular flexibility index (Phi) is 4.22. The van der Waals surface area contributed by atoms with Gasteiger partial charge in [0.25, 0.3) is 0 Å². The van der Waals surface area contributed by atoms with E-state index in [4.69, 9.17) is 14.3 Å². The molecule has 2 aromatic carbocycles. The number of hydrogen-bond acceptors (Lipinski definition) is 4. The van der Waals surface area contributed by atoms with Crippen LogP contribution < -0.4 is 9.88 Å². The lowest BCUT2D eigenvalue weighted by molar-refractivity contribution is 0.489. The Labute approximate surface area is 159 Å². The molecular formula is C19H14BrNO4S. The molecule has 4 rings (SSSR count). The van der Waals surface area contributed by atoms with E-state index < -0.39 is 10.0 Å². The summed E-state index contributed by atoms with van der Waals surface area (Å²) in [6, 6.07) is 17.8. The van der Waals surface area contributed by atoms with Gasteiger partial charge in [0.2, 0.25) is 10.0 Å². The molecule has 0 saturated heterocycles. The number of halogens is 1. The maximum absolute atomic E-state index is 11.5. The molecule has 0 unspecified atom stereocenters. The number of para-hydroxylation sites is 1. The summed E-state index contributed by atoms with van der Waals surface area (Å²) < 4.78 is 35.5. The second kappa shape index (κ2) is 6.42. The van der Waals surface area contributed by atoms with Crippen molar-refractivity contribution in [2.75, 3.05) is 0 Å². The number of allylic oxidation sites excluding steroid dienone is 1. The summed E-state index contributed by atoms with van der Waals surface area (Å²) >= 11 is 3.33. The number of benzene rings is 2. The molecule has 1 aliphatic heterocycles. The van der Waals surface area contributed by atoms with Crippen LogP contribution in [0.15, 0.2) is 74.6 Å². The molecule has 3 aromatic rings. The molecule has 0 atom stereocenters. The molecule has 0 saturated carbocycles. The summed E-state index contributed by atoms with van der Waals surface area (Å²) in [7, 11) is -3.74. The summed E-state index contributed by atoms with van der Waals surface area (Å²) in [5.41, 5.74) is 2.69. The molecule has 2 N–H and O–H groups in total. The van der Waals surface area contributed by atoms with Crippen LogP contribution in [0.25, 0.3) is 11.3 Å². The van der Waals surface area contributed by atoms with Crippen LogP contribution in [0, 0.1) is 0 Å². The monoisotopic (exact) mass is 431 g/mol. The fourth-order valence-electron chi connectivity index (χ4n) is 2.90. The van der Waals surface area contributed by atoms with Crippen molar-refractivity contribution in [3.63, 3.8) is 0 Å². The van der Waals surface area contributed by atoms with Gasteiger partial charge in [0.05, 0.1) is 4.90 Å². The van der Waals surface area contributed by atoms with Gasteiger partial charge in [0.1, 0.15) is 17.3 Å². The number of furan rings is 1. The third-order valence-corrected chi connectivity index (χ3v) is 5.50. The van der Waals surface area contributed by atoms with Crippen LogP contribution in [0.3, 0.4) is 0 Å². The van der Waals surface area contributed by atoms with Gasteiger partial charge >= 0.3 is 0 Å². The number of nitrogens with two attached hydrogens (primary N) is 1. The summed E-state index contributed by atoms with van der Waals surface area (Å²) in [5, 5.41) is 5.18. The van der Waals surface area contributed by atoms with Gasteiger partial charge in [-0.25, -0.2) is 13.6 Å². The van der Waals surface area contributed by atoms with Crippen LogP contribution in [0.2, 0.25) is 0 Å². The van der Waals surface area contributed by atoms with Crippen LogP contribution in [-0.4, -0.2) is 8.42 Å². The fraction of sp³-hybridized carbons (Fsp3) is 0.0526. The van der Waals surface area contributed by atoms with Gasteiger partial charge in [-0.1, -0.05) is 18.2 Å².